The van der Waals surface area contributed by atoms with E-state index in [9.17, 15) is 17.2 Å². The zero-order valence-electron chi connectivity index (χ0n) is 11.1. The van der Waals surface area contributed by atoms with Crippen molar-refractivity contribution < 1.29 is 17.2 Å². The number of hydrogen-bond donors (Lipinski definition) is 1. The molecule has 7 heteroatoms. The van der Waals surface area contributed by atoms with Gasteiger partial charge in [-0.2, -0.15) is 0 Å². The largest absolute Gasteiger partial charge is 0.243 e. The Morgan fingerprint density at radius 3 is 2.33 bits per heavy atom. The molecule has 0 aliphatic rings. The van der Waals surface area contributed by atoms with E-state index in [1.54, 1.807) is 23.9 Å². The molecule has 0 atom stereocenters. The first-order valence-electron chi connectivity index (χ1n) is 6.00. The zero-order valence-corrected chi connectivity index (χ0v) is 12.8. The first kappa shape index (κ1) is 15.9. The molecule has 112 valence electrons. The predicted octanol–water partition coefficient (Wildman–Crippen LogP) is 3.17. The van der Waals surface area contributed by atoms with E-state index in [0.29, 0.717) is 6.07 Å². The number of thioether (sulfide) groups is 1. The lowest BCUT2D eigenvalue weighted by Crippen LogP contribution is -2.24. The monoisotopic (exact) mass is 329 g/mol. The Morgan fingerprint density at radius 2 is 1.76 bits per heavy atom. The Hall–Kier alpha value is -1.44. The molecule has 0 fully saturated rings. The van der Waals surface area contributed by atoms with Crippen LogP contribution in [0, 0.1) is 11.6 Å². The quantitative estimate of drug-likeness (QED) is 0.857. The van der Waals surface area contributed by atoms with Gasteiger partial charge in [-0.05, 0) is 36.1 Å². The predicted molar refractivity (Wildman–Crippen MR) is 78.6 cm³/mol. The van der Waals surface area contributed by atoms with Gasteiger partial charge in [0.25, 0.3) is 0 Å². The van der Waals surface area contributed by atoms with Crippen LogP contribution in [0.5, 0.6) is 0 Å². The first-order valence-corrected chi connectivity index (χ1v) is 8.71. The van der Waals surface area contributed by atoms with Gasteiger partial charge < -0.3 is 0 Å². The third kappa shape index (κ3) is 4.03. The van der Waals surface area contributed by atoms with Crippen LogP contribution in [0.25, 0.3) is 0 Å². The molecule has 3 nitrogen and oxygen atoms in total. The van der Waals surface area contributed by atoms with E-state index in [2.05, 4.69) is 4.72 Å². The van der Waals surface area contributed by atoms with Gasteiger partial charge in [-0.25, -0.2) is 21.9 Å². The molecule has 0 saturated heterocycles. The van der Waals surface area contributed by atoms with Crippen LogP contribution >= 0.6 is 11.8 Å². The second-order valence-corrected chi connectivity index (χ2v) is 6.86. The fourth-order valence-electron chi connectivity index (χ4n) is 1.69. The minimum absolute atomic E-state index is 0.0355. The lowest BCUT2D eigenvalue weighted by molar-refractivity contribution is 0.543. The number of rotatable bonds is 5. The van der Waals surface area contributed by atoms with Crippen molar-refractivity contribution in [3.8, 4) is 0 Å². The molecule has 1 N–H and O–H groups in total. The third-order valence-corrected chi connectivity index (χ3v) is 4.99. The van der Waals surface area contributed by atoms with Crippen LogP contribution in [0.1, 0.15) is 5.56 Å². The van der Waals surface area contributed by atoms with Crippen molar-refractivity contribution in [3.63, 3.8) is 0 Å². The first-order chi connectivity index (χ1) is 9.92. The van der Waals surface area contributed by atoms with Gasteiger partial charge in [-0.15, -0.1) is 11.8 Å². The molecule has 0 aliphatic carbocycles. The summed E-state index contributed by atoms with van der Waals surface area (Å²) < 4.78 is 52.6. The molecule has 0 radical (unpaired) electrons. The van der Waals surface area contributed by atoms with Crippen molar-refractivity contribution >= 4 is 21.8 Å². The topological polar surface area (TPSA) is 46.2 Å². The van der Waals surface area contributed by atoms with E-state index in [1.165, 1.54) is 0 Å². The molecule has 21 heavy (non-hydrogen) atoms. The molecular formula is C14H13F2NO2S2. The van der Waals surface area contributed by atoms with Crippen molar-refractivity contribution in [2.45, 2.75) is 16.3 Å². The highest BCUT2D eigenvalue weighted by Gasteiger charge is 2.19. The molecule has 0 spiro atoms. The second-order valence-electron chi connectivity index (χ2n) is 4.25. The summed E-state index contributed by atoms with van der Waals surface area (Å²) in [4.78, 5) is 0.496. The normalized spacial score (nSPS) is 11.6. The molecule has 0 saturated carbocycles. The zero-order chi connectivity index (χ0) is 15.5. The lowest BCUT2D eigenvalue weighted by atomic mass is 10.2. The molecule has 2 rings (SSSR count). The van der Waals surface area contributed by atoms with Crippen LogP contribution in [0.4, 0.5) is 8.78 Å². The van der Waals surface area contributed by atoms with Gasteiger partial charge in [0.2, 0.25) is 10.0 Å². The van der Waals surface area contributed by atoms with Gasteiger partial charge in [-0.1, -0.05) is 12.1 Å². The van der Waals surface area contributed by atoms with Crippen molar-refractivity contribution in [2.24, 2.45) is 0 Å². The fraction of sp³-hybridized carbons (Fsp3) is 0.143. The number of sulfonamides is 1. The van der Waals surface area contributed by atoms with Gasteiger partial charge >= 0.3 is 0 Å². The molecule has 0 bridgehead atoms. The summed E-state index contributed by atoms with van der Waals surface area (Å²) in [5.41, 5.74) is 0.749. The number of nitrogens with one attached hydrogen (secondary N) is 1. The minimum atomic E-state index is -4.02. The Morgan fingerprint density at radius 1 is 1.10 bits per heavy atom. The SMILES string of the molecule is CSc1ccc(CNS(=O)(=O)c2ccc(F)cc2F)cc1. The van der Waals surface area contributed by atoms with Gasteiger partial charge in [-0.3, -0.25) is 0 Å². The van der Waals surface area contributed by atoms with Gasteiger partial charge in [0, 0.05) is 17.5 Å². The highest BCUT2D eigenvalue weighted by molar-refractivity contribution is 7.98. The van der Waals surface area contributed by atoms with Crippen LogP contribution in [-0.4, -0.2) is 14.7 Å². The van der Waals surface area contributed by atoms with Gasteiger partial charge in [0.1, 0.15) is 16.5 Å². The molecule has 2 aromatic carbocycles. The molecule has 0 amide bonds. The smallest absolute Gasteiger partial charge is 0.207 e. The van der Waals surface area contributed by atoms with Crippen LogP contribution in [0.15, 0.2) is 52.3 Å². The number of halogens is 2. The van der Waals surface area contributed by atoms with Crippen LogP contribution in [-0.2, 0) is 16.6 Å². The molecule has 0 aromatic heterocycles. The van der Waals surface area contributed by atoms with Gasteiger partial charge in [0.05, 0.1) is 0 Å². The highest BCUT2D eigenvalue weighted by atomic mass is 32.2. The summed E-state index contributed by atoms with van der Waals surface area (Å²) in [5, 5.41) is 0. The fourth-order valence-corrected chi connectivity index (χ4v) is 3.18. The third-order valence-electron chi connectivity index (χ3n) is 2.81. The molecule has 0 heterocycles. The molecule has 0 aliphatic heterocycles. The summed E-state index contributed by atoms with van der Waals surface area (Å²) >= 11 is 1.58. The number of hydrogen-bond acceptors (Lipinski definition) is 3. The molecule has 2 aromatic rings. The average molecular weight is 329 g/mol. The second kappa shape index (κ2) is 6.55. The minimum Gasteiger partial charge on any atom is -0.207 e. The van der Waals surface area contributed by atoms with Crippen molar-refractivity contribution in [1.82, 2.24) is 4.72 Å². The maximum atomic E-state index is 13.5. The maximum Gasteiger partial charge on any atom is 0.243 e. The average Bonchev–Trinajstić information content (AvgIpc) is 2.45. The van der Waals surface area contributed by atoms with E-state index in [1.807, 2.05) is 18.4 Å². The summed E-state index contributed by atoms with van der Waals surface area (Å²) in [7, 11) is -4.02. The standard InChI is InChI=1S/C14H13F2NO2S2/c1-20-12-5-2-10(3-6-12)9-17-21(18,19)14-7-4-11(15)8-13(14)16/h2-8,17H,9H2,1H3. The lowest BCUT2D eigenvalue weighted by Gasteiger charge is -2.08. The van der Waals surface area contributed by atoms with E-state index in [-0.39, 0.29) is 6.54 Å². The van der Waals surface area contributed by atoms with E-state index < -0.39 is 26.6 Å². The highest BCUT2D eigenvalue weighted by Crippen LogP contribution is 2.17. The summed E-state index contributed by atoms with van der Waals surface area (Å²) in [6.07, 6.45) is 1.94. The van der Waals surface area contributed by atoms with Crippen molar-refractivity contribution in [3.05, 3.63) is 59.7 Å². The Kier molecular flexibility index (Phi) is 4.97. The Balaban J connectivity index is 2.13. The summed E-state index contributed by atoms with van der Waals surface area (Å²) in [5.74, 6) is -1.93. The van der Waals surface area contributed by atoms with E-state index in [0.717, 1.165) is 22.6 Å². The van der Waals surface area contributed by atoms with E-state index >= 15 is 0 Å². The Labute approximate surface area is 126 Å². The van der Waals surface area contributed by atoms with E-state index in [4.69, 9.17) is 0 Å². The summed E-state index contributed by atoms with van der Waals surface area (Å²) in [6, 6.07) is 9.67. The Bertz CT molecular complexity index is 731. The van der Waals surface area contributed by atoms with Crippen LogP contribution in [0.2, 0.25) is 0 Å². The van der Waals surface area contributed by atoms with Crippen molar-refractivity contribution in [1.29, 1.82) is 0 Å². The maximum absolute atomic E-state index is 13.5. The molecule has 0 unspecified atom stereocenters. The van der Waals surface area contributed by atoms with Crippen molar-refractivity contribution in [2.75, 3.05) is 6.26 Å². The molecular weight excluding hydrogens is 316 g/mol. The van der Waals surface area contributed by atoms with Gasteiger partial charge in [0.15, 0.2) is 0 Å². The van der Waals surface area contributed by atoms with Crippen LogP contribution in [0.3, 0.4) is 0 Å². The van der Waals surface area contributed by atoms with Crippen LogP contribution < -0.4 is 4.72 Å². The summed E-state index contributed by atoms with van der Waals surface area (Å²) in [6.45, 7) is 0.0355. The number of benzene rings is 2.